The quantitative estimate of drug-likeness (QED) is 0.588. The van der Waals surface area contributed by atoms with Crippen molar-refractivity contribution in [3.63, 3.8) is 0 Å². The first-order chi connectivity index (χ1) is 6.02. The van der Waals surface area contributed by atoms with Crippen LogP contribution in [0.2, 0.25) is 5.02 Å². The van der Waals surface area contributed by atoms with Gasteiger partial charge in [-0.1, -0.05) is 11.6 Å². The SMILES string of the molecule is CC(N)c1cc(Cl)ccc1[N+](=O)[O-]. The third kappa shape index (κ3) is 2.17. The Morgan fingerprint density at radius 2 is 2.23 bits per heavy atom. The zero-order valence-corrected chi connectivity index (χ0v) is 7.78. The minimum absolute atomic E-state index is 0.0133. The van der Waals surface area contributed by atoms with Gasteiger partial charge in [-0.3, -0.25) is 10.1 Å². The number of benzene rings is 1. The van der Waals surface area contributed by atoms with E-state index in [0.29, 0.717) is 10.6 Å². The number of hydrogen-bond acceptors (Lipinski definition) is 3. The molecule has 5 heteroatoms. The number of halogens is 1. The fourth-order valence-corrected chi connectivity index (χ4v) is 1.24. The molecule has 70 valence electrons. The molecule has 0 fully saturated rings. The molecule has 0 amide bonds. The average Bonchev–Trinajstić information content (AvgIpc) is 2.03. The molecule has 1 atom stereocenters. The van der Waals surface area contributed by atoms with Gasteiger partial charge in [0.05, 0.1) is 4.92 Å². The van der Waals surface area contributed by atoms with Crippen LogP contribution in [-0.4, -0.2) is 4.92 Å². The van der Waals surface area contributed by atoms with E-state index in [1.807, 2.05) is 0 Å². The lowest BCUT2D eigenvalue weighted by molar-refractivity contribution is -0.385. The molecular formula is C8H9ClN2O2. The Bertz CT molecular complexity index is 339. The van der Waals surface area contributed by atoms with Gasteiger partial charge >= 0.3 is 0 Å². The highest BCUT2D eigenvalue weighted by atomic mass is 35.5. The third-order valence-electron chi connectivity index (χ3n) is 1.68. The molecule has 0 saturated heterocycles. The summed E-state index contributed by atoms with van der Waals surface area (Å²) in [5.74, 6) is 0. The zero-order valence-electron chi connectivity index (χ0n) is 7.03. The smallest absolute Gasteiger partial charge is 0.274 e. The van der Waals surface area contributed by atoms with Gasteiger partial charge in [-0.05, 0) is 19.1 Å². The molecule has 2 N–H and O–H groups in total. The molecule has 0 heterocycles. The van der Waals surface area contributed by atoms with Crippen molar-refractivity contribution in [3.05, 3.63) is 38.9 Å². The first kappa shape index (κ1) is 9.95. The van der Waals surface area contributed by atoms with Gasteiger partial charge in [-0.2, -0.15) is 0 Å². The predicted octanol–water partition coefficient (Wildman–Crippen LogP) is 2.27. The van der Waals surface area contributed by atoms with Crippen molar-refractivity contribution in [1.82, 2.24) is 0 Å². The summed E-state index contributed by atoms with van der Waals surface area (Å²) in [6.07, 6.45) is 0. The summed E-state index contributed by atoms with van der Waals surface area (Å²) in [4.78, 5) is 10.1. The first-order valence-electron chi connectivity index (χ1n) is 3.72. The summed E-state index contributed by atoms with van der Waals surface area (Å²) in [5.41, 5.74) is 6.03. The fourth-order valence-electron chi connectivity index (χ4n) is 1.06. The second-order valence-electron chi connectivity index (χ2n) is 2.75. The molecule has 1 rings (SSSR count). The Balaban J connectivity index is 3.26. The summed E-state index contributed by atoms with van der Waals surface area (Å²) < 4.78 is 0. The highest BCUT2D eigenvalue weighted by molar-refractivity contribution is 6.30. The van der Waals surface area contributed by atoms with E-state index < -0.39 is 4.92 Å². The number of nitrogens with two attached hydrogens (primary N) is 1. The molecule has 0 saturated carbocycles. The van der Waals surface area contributed by atoms with Crippen LogP contribution in [-0.2, 0) is 0 Å². The predicted molar refractivity (Wildman–Crippen MR) is 50.7 cm³/mol. The van der Waals surface area contributed by atoms with Gasteiger partial charge in [0.15, 0.2) is 0 Å². The summed E-state index contributed by atoms with van der Waals surface area (Å²) in [5, 5.41) is 11.0. The molecule has 1 unspecified atom stereocenters. The van der Waals surface area contributed by atoms with Crippen LogP contribution < -0.4 is 5.73 Å². The van der Waals surface area contributed by atoms with Crippen LogP contribution in [0.15, 0.2) is 18.2 Å². The Morgan fingerprint density at radius 3 is 2.69 bits per heavy atom. The third-order valence-corrected chi connectivity index (χ3v) is 1.91. The molecule has 13 heavy (non-hydrogen) atoms. The summed E-state index contributed by atoms with van der Waals surface area (Å²) in [6, 6.07) is 3.97. The Kier molecular flexibility index (Phi) is 2.85. The van der Waals surface area contributed by atoms with Crippen LogP contribution >= 0.6 is 11.6 Å². The Morgan fingerprint density at radius 1 is 1.62 bits per heavy atom. The van der Waals surface area contributed by atoms with E-state index in [-0.39, 0.29) is 11.7 Å². The molecule has 0 bridgehead atoms. The van der Waals surface area contributed by atoms with Crippen molar-refractivity contribution >= 4 is 17.3 Å². The number of nitrogens with zero attached hydrogens (tertiary/aromatic N) is 1. The second-order valence-corrected chi connectivity index (χ2v) is 3.19. The molecule has 1 aromatic rings. The first-order valence-corrected chi connectivity index (χ1v) is 4.09. The Labute approximate surface area is 80.5 Å². The topological polar surface area (TPSA) is 69.2 Å². The van der Waals surface area contributed by atoms with Gasteiger partial charge in [0.25, 0.3) is 5.69 Å². The molecule has 1 aromatic carbocycles. The van der Waals surface area contributed by atoms with Crippen molar-refractivity contribution in [2.45, 2.75) is 13.0 Å². The van der Waals surface area contributed by atoms with Gasteiger partial charge in [0.2, 0.25) is 0 Å². The molecule has 0 aliphatic carbocycles. The van der Waals surface area contributed by atoms with Crippen molar-refractivity contribution in [2.75, 3.05) is 0 Å². The van der Waals surface area contributed by atoms with Crippen LogP contribution in [0.3, 0.4) is 0 Å². The molecule has 4 nitrogen and oxygen atoms in total. The lowest BCUT2D eigenvalue weighted by Crippen LogP contribution is -2.07. The van der Waals surface area contributed by atoms with Crippen LogP contribution in [0.5, 0.6) is 0 Å². The standard InChI is InChI=1S/C8H9ClN2O2/c1-5(10)7-4-6(9)2-3-8(7)11(12)13/h2-5H,10H2,1H3. The molecule has 0 radical (unpaired) electrons. The highest BCUT2D eigenvalue weighted by Gasteiger charge is 2.16. The fraction of sp³-hybridized carbons (Fsp3) is 0.250. The summed E-state index contributed by atoms with van der Waals surface area (Å²) >= 11 is 5.69. The van der Waals surface area contributed by atoms with Crippen LogP contribution in [0, 0.1) is 10.1 Å². The monoisotopic (exact) mass is 200 g/mol. The molecular weight excluding hydrogens is 192 g/mol. The molecule has 0 aliphatic rings. The minimum atomic E-state index is -0.463. The molecule has 0 spiro atoms. The lowest BCUT2D eigenvalue weighted by atomic mass is 10.1. The maximum Gasteiger partial charge on any atom is 0.274 e. The zero-order chi connectivity index (χ0) is 10.0. The van der Waals surface area contributed by atoms with Crippen LogP contribution in [0.25, 0.3) is 0 Å². The van der Waals surface area contributed by atoms with Crippen LogP contribution in [0.4, 0.5) is 5.69 Å². The normalized spacial score (nSPS) is 12.5. The lowest BCUT2D eigenvalue weighted by Gasteiger charge is -2.06. The van der Waals surface area contributed by atoms with E-state index in [9.17, 15) is 10.1 Å². The second kappa shape index (κ2) is 3.72. The number of rotatable bonds is 2. The number of nitro benzene ring substituents is 1. The summed E-state index contributed by atoms with van der Waals surface area (Å²) in [7, 11) is 0. The van der Waals surface area contributed by atoms with Crippen molar-refractivity contribution in [2.24, 2.45) is 5.73 Å². The van der Waals surface area contributed by atoms with Gasteiger partial charge in [-0.15, -0.1) is 0 Å². The van der Waals surface area contributed by atoms with Gasteiger partial charge in [0.1, 0.15) is 0 Å². The van der Waals surface area contributed by atoms with Crippen molar-refractivity contribution in [1.29, 1.82) is 0 Å². The van der Waals surface area contributed by atoms with E-state index in [1.54, 1.807) is 6.92 Å². The van der Waals surface area contributed by atoms with Gasteiger partial charge < -0.3 is 5.73 Å². The van der Waals surface area contributed by atoms with E-state index in [2.05, 4.69) is 0 Å². The van der Waals surface area contributed by atoms with Crippen molar-refractivity contribution < 1.29 is 4.92 Å². The van der Waals surface area contributed by atoms with Gasteiger partial charge in [-0.25, -0.2) is 0 Å². The maximum absolute atomic E-state index is 10.5. The largest absolute Gasteiger partial charge is 0.324 e. The molecule has 0 aromatic heterocycles. The molecule has 0 aliphatic heterocycles. The van der Waals surface area contributed by atoms with Crippen molar-refractivity contribution in [3.8, 4) is 0 Å². The minimum Gasteiger partial charge on any atom is -0.324 e. The summed E-state index contributed by atoms with van der Waals surface area (Å²) in [6.45, 7) is 1.68. The van der Waals surface area contributed by atoms with Gasteiger partial charge in [0, 0.05) is 22.7 Å². The van der Waals surface area contributed by atoms with E-state index in [0.717, 1.165) is 0 Å². The van der Waals surface area contributed by atoms with Crippen LogP contribution in [0.1, 0.15) is 18.5 Å². The Hall–Kier alpha value is -1.13. The number of nitro groups is 1. The van der Waals surface area contributed by atoms with E-state index in [4.69, 9.17) is 17.3 Å². The van der Waals surface area contributed by atoms with E-state index in [1.165, 1.54) is 18.2 Å². The maximum atomic E-state index is 10.5. The van der Waals surface area contributed by atoms with E-state index >= 15 is 0 Å². The average molecular weight is 201 g/mol. The highest BCUT2D eigenvalue weighted by Crippen LogP contribution is 2.26. The number of hydrogen-bond donors (Lipinski definition) is 1.